The fraction of sp³-hybridized carbons (Fsp3) is 0.565. The Kier molecular flexibility index (Phi) is 6.44. The highest BCUT2D eigenvalue weighted by Crippen LogP contribution is 2.35. The Morgan fingerprint density at radius 2 is 2.03 bits per heavy atom. The van der Waals surface area contributed by atoms with Crippen LogP contribution in [0.1, 0.15) is 55.6 Å². The van der Waals surface area contributed by atoms with Crippen LogP contribution in [-0.4, -0.2) is 59.1 Å². The molecule has 35 heavy (non-hydrogen) atoms. The molecular weight excluding hydrogens is 458 g/mol. The smallest absolute Gasteiger partial charge is 0.303 e. The number of pyridine rings is 1. The van der Waals surface area contributed by atoms with Crippen molar-refractivity contribution in [2.24, 2.45) is 18.9 Å². The van der Waals surface area contributed by atoms with E-state index in [9.17, 15) is 13.6 Å². The Morgan fingerprint density at radius 3 is 2.77 bits per heavy atom. The molecular formula is C23H28F2N8O2. The highest BCUT2D eigenvalue weighted by molar-refractivity contribution is 5.67. The summed E-state index contributed by atoms with van der Waals surface area (Å²) in [6, 6.07) is 3.32. The maximum Gasteiger partial charge on any atom is 0.303 e. The number of hydrogen-bond donors (Lipinski definition) is 1. The number of aromatic nitrogens is 7. The Morgan fingerprint density at radius 1 is 1.20 bits per heavy atom. The molecule has 1 saturated carbocycles. The quantitative estimate of drug-likeness (QED) is 0.491. The first-order chi connectivity index (χ1) is 16.9. The van der Waals surface area contributed by atoms with Crippen molar-refractivity contribution in [1.29, 1.82) is 0 Å². The van der Waals surface area contributed by atoms with Crippen LogP contribution in [0.15, 0.2) is 18.3 Å². The summed E-state index contributed by atoms with van der Waals surface area (Å²) in [7, 11) is 1.75. The minimum absolute atomic E-state index is 0.0278. The number of nitrogens with zero attached hydrogens (tertiary/aromatic N) is 8. The zero-order chi connectivity index (χ0) is 24.5. The van der Waals surface area contributed by atoms with Gasteiger partial charge in [0.2, 0.25) is 0 Å². The van der Waals surface area contributed by atoms with Gasteiger partial charge in [-0.15, -0.1) is 10.2 Å². The van der Waals surface area contributed by atoms with E-state index in [4.69, 9.17) is 5.11 Å². The molecule has 0 spiro atoms. The third-order valence-corrected chi connectivity index (χ3v) is 6.81. The van der Waals surface area contributed by atoms with E-state index in [1.54, 1.807) is 34.7 Å². The van der Waals surface area contributed by atoms with Crippen LogP contribution in [-0.2, 0) is 24.8 Å². The monoisotopic (exact) mass is 486 g/mol. The fourth-order valence-electron chi connectivity index (χ4n) is 4.81. The molecule has 0 amide bonds. The van der Waals surface area contributed by atoms with Gasteiger partial charge < -0.3 is 10.0 Å². The van der Waals surface area contributed by atoms with Crippen molar-refractivity contribution >= 4 is 11.7 Å². The maximum absolute atomic E-state index is 14.1. The number of aryl methyl sites for hydroxylation is 1. The van der Waals surface area contributed by atoms with Crippen LogP contribution >= 0.6 is 0 Å². The highest BCUT2D eigenvalue weighted by Gasteiger charge is 2.28. The molecule has 1 saturated heterocycles. The van der Waals surface area contributed by atoms with Crippen LogP contribution in [0, 0.1) is 11.8 Å². The van der Waals surface area contributed by atoms with Crippen molar-refractivity contribution in [3.05, 3.63) is 35.4 Å². The zero-order valence-electron chi connectivity index (χ0n) is 19.5. The van der Waals surface area contributed by atoms with Gasteiger partial charge in [0.25, 0.3) is 6.43 Å². The predicted octanol–water partition coefficient (Wildman–Crippen LogP) is 3.10. The van der Waals surface area contributed by atoms with E-state index in [1.165, 1.54) is 12.8 Å². The number of halogens is 2. The lowest BCUT2D eigenvalue weighted by molar-refractivity contribution is -0.138. The molecule has 1 N–H and O–H groups in total. The van der Waals surface area contributed by atoms with Gasteiger partial charge >= 0.3 is 5.97 Å². The second-order valence-corrected chi connectivity index (χ2v) is 9.49. The van der Waals surface area contributed by atoms with Crippen molar-refractivity contribution in [2.75, 3.05) is 18.0 Å². The van der Waals surface area contributed by atoms with Crippen molar-refractivity contribution in [3.8, 4) is 11.4 Å². The van der Waals surface area contributed by atoms with Crippen LogP contribution < -0.4 is 4.90 Å². The highest BCUT2D eigenvalue weighted by atomic mass is 19.3. The average Bonchev–Trinajstić information content (AvgIpc) is 3.43. The van der Waals surface area contributed by atoms with Crippen LogP contribution in [0.5, 0.6) is 0 Å². The van der Waals surface area contributed by atoms with Crippen molar-refractivity contribution in [2.45, 2.75) is 51.5 Å². The Bertz CT molecular complexity index is 1210. The van der Waals surface area contributed by atoms with Crippen molar-refractivity contribution in [1.82, 2.24) is 35.0 Å². The number of rotatable bonds is 9. The zero-order valence-corrected chi connectivity index (χ0v) is 19.5. The molecule has 0 radical (unpaired) electrons. The molecule has 0 unspecified atom stereocenters. The lowest BCUT2D eigenvalue weighted by atomic mass is 9.94. The van der Waals surface area contributed by atoms with Gasteiger partial charge in [0.1, 0.15) is 11.4 Å². The first-order valence-electron chi connectivity index (χ1n) is 11.9. The summed E-state index contributed by atoms with van der Waals surface area (Å²) in [5.74, 6) is -0.281. The van der Waals surface area contributed by atoms with E-state index < -0.39 is 12.4 Å². The largest absolute Gasteiger partial charge is 0.481 e. The molecule has 10 nitrogen and oxygen atoms in total. The average molecular weight is 487 g/mol. The predicted molar refractivity (Wildman–Crippen MR) is 122 cm³/mol. The second kappa shape index (κ2) is 9.67. The lowest BCUT2D eigenvalue weighted by Gasteiger charge is -2.34. The van der Waals surface area contributed by atoms with E-state index in [1.807, 2.05) is 4.90 Å². The lowest BCUT2D eigenvalue weighted by Crippen LogP contribution is -2.37. The molecule has 2 fully saturated rings. The molecule has 12 heteroatoms. The van der Waals surface area contributed by atoms with Gasteiger partial charge in [-0.2, -0.15) is 0 Å². The number of carboxylic acids is 1. The van der Waals surface area contributed by atoms with Gasteiger partial charge in [-0.3, -0.25) is 4.79 Å². The molecule has 186 valence electrons. The SMILES string of the molecule is Cn1nnc(-c2ccc(N3CCC[C@H](CC(=O)O)C3)c(C(F)F)n2)c1Cn1nncc1CC1CC1. The summed E-state index contributed by atoms with van der Waals surface area (Å²) in [6.45, 7) is 1.36. The van der Waals surface area contributed by atoms with Crippen molar-refractivity contribution in [3.63, 3.8) is 0 Å². The topological polar surface area (TPSA) is 115 Å². The van der Waals surface area contributed by atoms with E-state index in [2.05, 4.69) is 25.6 Å². The molecule has 1 atom stereocenters. The summed E-state index contributed by atoms with van der Waals surface area (Å²) in [4.78, 5) is 17.3. The molecule has 1 aliphatic carbocycles. The van der Waals surface area contributed by atoms with Gasteiger partial charge in [-0.1, -0.05) is 10.4 Å². The summed E-state index contributed by atoms with van der Waals surface area (Å²) in [6.07, 6.45) is 3.86. The first-order valence-corrected chi connectivity index (χ1v) is 11.9. The minimum Gasteiger partial charge on any atom is -0.481 e. The fourth-order valence-corrected chi connectivity index (χ4v) is 4.81. The van der Waals surface area contributed by atoms with Crippen LogP contribution in [0.4, 0.5) is 14.5 Å². The molecule has 0 aromatic carbocycles. The number of hydrogen-bond acceptors (Lipinski definition) is 7. The summed E-state index contributed by atoms with van der Waals surface area (Å²) in [5, 5.41) is 25.7. The molecule has 2 aliphatic rings. The number of carboxylic acid groups (broad SMARTS) is 1. The number of alkyl halides is 2. The van der Waals surface area contributed by atoms with Crippen LogP contribution in [0.3, 0.4) is 0 Å². The van der Waals surface area contributed by atoms with E-state index >= 15 is 0 Å². The van der Waals surface area contributed by atoms with E-state index in [0.29, 0.717) is 48.3 Å². The molecule has 4 heterocycles. The van der Waals surface area contributed by atoms with Gasteiger partial charge in [0, 0.05) is 26.6 Å². The van der Waals surface area contributed by atoms with Crippen LogP contribution in [0.2, 0.25) is 0 Å². The Hall–Kier alpha value is -3.44. The van der Waals surface area contributed by atoms with Crippen molar-refractivity contribution < 1.29 is 18.7 Å². The summed E-state index contributed by atoms with van der Waals surface area (Å²) < 4.78 is 31.7. The number of anilines is 1. The third kappa shape index (κ3) is 5.15. The Labute approximate surface area is 201 Å². The maximum atomic E-state index is 14.1. The van der Waals surface area contributed by atoms with Crippen LogP contribution in [0.25, 0.3) is 11.4 Å². The van der Waals surface area contributed by atoms with E-state index in [0.717, 1.165) is 25.0 Å². The minimum atomic E-state index is -2.79. The second-order valence-electron chi connectivity index (χ2n) is 9.49. The van der Waals surface area contributed by atoms with Gasteiger partial charge in [-0.05, 0) is 56.1 Å². The molecule has 1 aliphatic heterocycles. The molecule has 5 rings (SSSR count). The number of carbonyl (C=O) groups is 1. The summed E-state index contributed by atoms with van der Waals surface area (Å²) in [5.41, 5.74) is 2.48. The molecule has 3 aromatic heterocycles. The molecule has 3 aromatic rings. The van der Waals surface area contributed by atoms with E-state index in [-0.39, 0.29) is 18.0 Å². The normalized spacial score (nSPS) is 18.4. The van der Waals surface area contributed by atoms with Gasteiger partial charge in [0.15, 0.2) is 0 Å². The molecule has 0 bridgehead atoms. The number of aliphatic carboxylic acids is 1. The number of piperidine rings is 1. The first kappa shape index (κ1) is 23.3. The van der Waals surface area contributed by atoms with Gasteiger partial charge in [0.05, 0.1) is 35.5 Å². The standard InChI is InChI=1S/C23H28F2N8O2/c1-31-19(13-33-16(11-26-29-33)9-14-4-5-14)21(28-30-31)17-6-7-18(22(27-17)23(24)25)32-8-2-3-15(12-32)10-20(34)35/h6-7,11,14-15,23H,2-5,8-10,12-13H2,1H3,(H,34,35)/t15-/m1/s1. The Balaban J connectivity index is 1.43. The van der Waals surface area contributed by atoms with Gasteiger partial charge in [-0.25, -0.2) is 23.1 Å². The summed E-state index contributed by atoms with van der Waals surface area (Å²) >= 11 is 0. The third-order valence-electron chi connectivity index (χ3n) is 6.81.